The van der Waals surface area contributed by atoms with Gasteiger partial charge in [-0.3, -0.25) is 10.1 Å². The number of hydrogen-bond acceptors (Lipinski definition) is 4. The van der Waals surface area contributed by atoms with E-state index in [0.29, 0.717) is 5.56 Å². The summed E-state index contributed by atoms with van der Waals surface area (Å²) in [6.07, 6.45) is 0. The van der Waals surface area contributed by atoms with E-state index in [4.69, 9.17) is 22.2 Å². The largest absolute Gasteiger partial charge is 0.396 e. The lowest BCUT2D eigenvalue weighted by molar-refractivity contribution is -0.384. The monoisotopic (exact) mass is 242 g/mol. The second kappa shape index (κ2) is 5.32. The van der Waals surface area contributed by atoms with E-state index in [1.54, 1.807) is 0 Å². The SMILES string of the molecule is [N-]=[N+]=NC(CO)c1ccc(Cl)c([N+](=O)[O-])c1. The highest BCUT2D eigenvalue weighted by molar-refractivity contribution is 6.32. The molecule has 8 heteroatoms. The highest BCUT2D eigenvalue weighted by Crippen LogP contribution is 2.28. The number of hydrogen-bond donors (Lipinski definition) is 1. The molecule has 16 heavy (non-hydrogen) atoms. The van der Waals surface area contributed by atoms with Crippen LogP contribution in [0.5, 0.6) is 0 Å². The zero-order chi connectivity index (χ0) is 12.1. The molecular formula is C8H7ClN4O3. The molecule has 1 rings (SSSR count). The van der Waals surface area contributed by atoms with Crippen molar-refractivity contribution in [2.75, 3.05) is 6.61 Å². The van der Waals surface area contributed by atoms with Crippen molar-refractivity contribution in [3.63, 3.8) is 0 Å². The highest BCUT2D eigenvalue weighted by Gasteiger charge is 2.16. The fourth-order valence-corrected chi connectivity index (χ4v) is 1.33. The lowest BCUT2D eigenvalue weighted by Gasteiger charge is -2.07. The fourth-order valence-electron chi connectivity index (χ4n) is 1.15. The fraction of sp³-hybridized carbons (Fsp3) is 0.250. The van der Waals surface area contributed by atoms with Gasteiger partial charge in [0.2, 0.25) is 0 Å². The number of azide groups is 1. The molecule has 84 valence electrons. The van der Waals surface area contributed by atoms with Crippen molar-refractivity contribution in [3.8, 4) is 0 Å². The van der Waals surface area contributed by atoms with E-state index in [0.717, 1.165) is 0 Å². The third-order valence-electron chi connectivity index (χ3n) is 1.92. The Balaban J connectivity index is 3.20. The number of nitro groups is 1. The summed E-state index contributed by atoms with van der Waals surface area (Å²) in [6.45, 7) is -0.428. The molecule has 0 saturated heterocycles. The van der Waals surface area contributed by atoms with Gasteiger partial charge in [-0.1, -0.05) is 22.8 Å². The molecule has 0 saturated carbocycles. The van der Waals surface area contributed by atoms with E-state index in [1.165, 1.54) is 18.2 Å². The third kappa shape index (κ3) is 2.60. The Kier molecular flexibility index (Phi) is 4.07. The van der Waals surface area contributed by atoms with Gasteiger partial charge in [-0.05, 0) is 17.2 Å². The second-order valence-corrected chi connectivity index (χ2v) is 3.28. The van der Waals surface area contributed by atoms with E-state index in [1.807, 2.05) is 0 Å². The van der Waals surface area contributed by atoms with Crippen molar-refractivity contribution in [3.05, 3.63) is 49.3 Å². The van der Waals surface area contributed by atoms with E-state index < -0.39 is 17.6 Å². The molecule has 1 aromatic rings. The normalized spacial score (nSPS) is 11.6. The van der Waals surface area contributed by atoms with Crippen molar-refractivity contribution in [1.82, 2.24) is 0 Å². The topological polar surface area (TPSA) is 112 Å². The Labute approximate surface area is 95.0 Å². The first-order valence-electron chi connectivity index (χ1n) is 4.19. The summed E-state index contributed by atoms with van der Waals surface area (Å²) < 4.78 is 0. The van der Waals surface area contributed by atoms with Gasteiger partial charge < -0.3 is 5.11 Å². The minimum atomic E-state index is -0.846. The van der Waals surface area contributed by atoms with Crippen LogP contribution in [0.2, 0.25) is 5.02 Å². The lowest BCUT2D eigenvalue weighted by atomic mass is 10.1. The van der Waals surface area contributed by atoms with E-state index in [-0.39, 0.29) is 10.7 Å². The minimum absolute atomic E-state index is 0.00798. The Morgan fingerprint density at radius 2 is 2.38 bits per heavy atom. The van der Waals surface area contributed by atoms with Gasteiger partial charge in [0, 0.05) is 11.0 Å². The highest BCUT2D eigenvalue weighted by atomic mass is 35.5. The molecule has 0 aliphatic carbocycles. The Morgan fingerprint density at radius 1 is 1.69 bits per heavy atom. The number of aliphatic hydroxyl groups is 1. The zero-order valence-corrected chi connectivity index (χ0v) is 8.70. The minimum Gasteiger partial charge on any atom is -0.396 e. The molecule has 0 aliphatic heterocycles. The first-order chi connectivity index (χ1) is 7.60. The van der Waals surface area contributed by atoms with E-state index >= 15 is 0 Å². The van der Waals surface area contributed by atoms with Crippen LogP contribution in [0.3, 0.4) is 0 Å². The molecule has 1 unspecified atom stereocenters. The molecule has 1 atom stereocenters. The van der Waals surface area contributed by atoms with Gasteiger partial charge in [-0.25, -0.2) is 0 Å². The molecule has 0 fully saturated rings. The molecule has 0 bridgehead atoms. The van der Waals surface area contributed by atoms with Crippen LogP contribution in [0, 0.1) is 10.1 Å². The Hall–Kier alpha value is -1.82. The number of nitrogens with zero attached hydrogens (tertiary/aromatic N) is 4. The molecule has 7 nitrogen and oxygen atoms in total. The summed E-state index contributed by atoms with van der Waals surface area (Å²) in [7, 11) is 0. The van der Waals surface area contributed by atoms with Crippen LogP contribution in [0.15, 0.2) is 23.3 Å². The van der Waals surface area contributed by atoms with Gasteiger partial charge in [0.05, 0.1) is 17.6 Å². The Morgan fingerprint density at radius 3 is 2.88 bits per heavy atom. The van der Waals surface area contributed by atoms with Crippen LogP contribution in [0.4, 0.5) is 5.69 Å². The van der Waals surface area contributed by atoms with Crippen molar-refractivity contribution < 1.29 is 10.0 Å². The number of halogens is 1. The average Bonchev–Trinajstić information content (AvgIpc) is 2.26. The average molecular weight is 243 g/mol. The molecule has 1 aromatic carbocycles. The predicted octanol–water partition coefficient (Wildman–Crippen LogP) is 2.59. The summed E-state index contributed by atoms with van der Waals surface area (Å²) in [4.78, 5) is 12.5. The molecular weight excluding hydrogens is 236 g/mol. The number of aliphatic hydroxyl groups excluding tert-OH is 1. The van der Waals surface area contributed by atoms with Crippen molar-refractivity contribution in [1.29, 1.82) is 0 Å². The zero-order valence-electron chi connectivity index (χ0n) is 7.95. The summed E-state index contributed by atoms with van der Waals surface area (Å²) in [5, 5.41) is 22.8. The van der Waals surface area contributed by atoms with Crippen molar-refractivity contribution in [2.45, 2.75) is 6.04 Å². The maximum Gasteiger partial charge on any atom is 0.288 e. The lowest BCUT2D eigenvalue weighted by Crippen LogP contribution is -2.01. The van der Waals surface area contributed by atoms with Gasteiger partial charge in [0.15, 0.2) is 0 Å². The molecule has 1 N–H and O–H groups in total. The van der Waals surface area contributed by atoms with Gasteiger partial charge in [-0.15, -0.1) is 0 Å². The molecule has 0 spiro atoms. The summed E-state index contributed by atoms with van der Waals surface area (Å²) in [6, 6.07) is 3.12. The number of nitro benzene ring substituents is 1. The first kappa shape index (κ1) is 12.3. The number of rotatable bonds is 4. The van der Waals surface area contributed by atoms with Crippen LogP contribution in [-0.4, -0.2) is 16.6 Å². The first-order valence-corrected chi connectivity index (χ1v) is 4.57. The summed E-state index contributed by atoms with van der Waals surface area (Å²) in [5.41, 5.74) is 8.31. The Bertz CT molecular complexity index is 459. The van der Waals surface area contributed by atoms with Gasteiger partial charge in [-0.2, -0.15) is 0 Å². The second-order valence-electron chi connectivity index (χ2n) is 2.87. The van der Waals surface area contributed by atoms with Crippen molar-refractivity contribution in [2.24, 2.45) is 5.11 Å². The van der Waals surface area contributed by atoms with Crippen molar-refractivity contribution >= 4 is 17.3 Å². The maximum atomic E-state index is 10.6. The summed E-state index contributed by atoms with van der Waals surface area (Å²) in [5.74, 6) is 0. The van der Waals surface area contributed by atoms with Crippen LogP contribution < -0.4 is 0 Å². The molecule has 0 aromatic heterocycles. The third-order valence-corrected chi connectivity index (χ3v) is 2.24. The molecule has 0 aliphatic rings. The molecule has 0 amide bonds. The van der Waals surface area contributed by atoms with Crippen LogP contribution in [-0.2, 0) is 0 Å². The van der Waals surface area contributed by atoms with Crippen LogP contribution in [0.25, 0.3) is 10.4 Å². The van der Waals surface area contributed by atoms with Crippen LogP contribution >= 0.6 is 11.6 Å². The molecule has 0 radical (unpaired) electrons. The quantitative estimate of drug-likeness (QED) is 0.288. The van der Waals surface area contributed by atoms with Gasteiger partial charge in [0.25, 0.3) is 5.69 Å². The van der Waals surface area contributed by atoms with E-state index in [9.17, 15) is 10.1 Å². The number of benzene rings is 1. The van der Waals surface area contributed by atoms with Gasteiger partial charge in [0.1, 0.15) is 5.02 Å². The smallest absolute Gasteiger partial charge is 0.288 e. The van der Waals surface area contributed by atoms with Gasteiger partial charge >= 0.3 is 0 Å². The van der Waals surface area contributed by atoms with Crippen LogP contribution in [0.1, 0.15) is 11.6 Å². The maximum absolute atomic E-state index is 10.6. The standard InChI is InChI=1S/C8H7ClN4O3/c9-6-2-1-5(3-8(6)13(15)16)7(4-14)11-12-10/h1-3,7,14H,4H2. The van der Waals surface area contributed by atoms with E-state index in [2.05, 4.69) is 10.0 Å². The summed E-state index contributed by atoms with van der Waals surface area (Å²) >= 11 is 5.61. The predicted molar refractivity (Wildman–Crippen MR) is 57.1 cm³/mol. The molecule has 0 heterocycles.